The normalized spacial score (nSPS) is 43.2. The van der Waals surface area contributed by atoms with Crippen LogP contribution < -0.4 is 0 Å². The third-order valence-electron chi connectivity index (χ3n) is 15.1. The van der Waals surface area contributed by atoms with Crippen LogP contribution in [-0.4, -0.2) is 120 Å². The van der Waals surface area contributed by atoms with Crippen LogP contribution in [0.4, 0.5) is 0 Å². The average molecular weight is 845 g/mol. The number of ether oxygens (including phenoxy) is 8. The molecule has 3 aliphatic carbocycles. The highest BCUT2D eigenvalue weighted by Gasteiger charge is 2.57. The molecule has 6 aliphatic rings. The van der Waals surface area contributed by atoms with Gasteiger partial charge in [0, 0.05) is 44.2 Å². The van der Waals surface area contributed by atoms with Crippen LogP contribution in [0.2, 0.25) is 5.02 Å². The largest absolute Gasteiger partial charge is 0.462 e. The molecule has 59 heavy (non-hydrogen) atoms. The second kappa shape index (κ2) is 19.6. The van der Waals surface area contributed by atoms with Crippen LogP contribution >= 0.6 is 11.6 Å². The maximum Gasteiger partial charge on any atom is 0.306 e. The van der Waals surface area contributed by atoms with Gasteiger partial charge in [0.25, 0.3) is 0 Å². The molecule has 5 fully saturated rings. The van der Waals surface area contributed by atoms with E-state index in [-0.39, 0.29) is 96.8 Å². The molecule has 18 atom stereocenters. The minimum Gasteiger partial charge on any atom is -0.462 e. The van der Waals surface area contributed by atoms with Gasteiger partial charge in [0.05, 0.1) is 30.8 Å². The van der Waals surface area contributed by atoms with E-state index in [4.69, 9.17) is 49.5 Å². The molecule has 0 aromatic heterocycles. The zero-order chi connectivity index (χ0) is 42.1. The number of Topliss-reactive ketones (excluding diaryl/α,β-unsaturated/α-hetero) is 1. The first-order valence-electron chi connectivity index (χ1n) is 22.4. The third kappa shape index (κ3) is 9.54. The number of methoxy groups -OCH3 is 3. The van der Waals surface area contributed by atoms with Crippen molar-refractivity contribution in [2.24, 2.45) is 35.5 Å². The third-order valence-corrected chi connectivity index (χ3v) is 15.3. The van der Waals surface area contributed by atoms with E-state index in [1.165, 1.54) is 0 Å². The summed E-state index contributed by atoms with van der Waals surface area (Å²) >= 11 is 6.69. The van der Waals surface area contributed by atoms with Gasteiger partial charge in [-0.2, -0.15) is 0 Å². The molecule has 0 amide bonds. The van der Waals surface area contributed by atoms with E-state index >= 15 is 4.79 Å². The van der Waals surface area contributed by atoms with Gasteiger partial charge in [0.1, 0.15) is 24.4 Å². The van der Waals surface area contributed by atoms with Gasteiger partial charge in [-0.25, -0.2) is 0 Å². The molecular weight excluding hydrogens is 774 g/mol. The molecule has 3 saturated heterocycles. The number of fused-ring (bicyclic) bond motifs is 5. The zero-order valence-corrected chi connectivity index (χ0v) is 37.5. The van der Waals surface area contributed by atoms with E-state index in [0.29, 0.717) is 23.4 Å². The first kappa shape index (κ1) is 45.1. The van der Waals surface area contributed by atoms with Crippen molar-refractivity contribution in [3.05, 3.63) is 46.5 Å². The van der Waals surface area contributed by atoms with E-state index in [1.807, 2.05) is 26.0 Å². The van der Waals surface area contributed by atoms with E-state index in [0.717, 1.165) is 62.5 Å². The van der Waals surface area contributed by atoms with E-state index < -0.39 is 18.3 Å². The Bertz CT molecular complexity index is 1620. The van der Waals surface area contributed by atoms with Gasteiger partial charge in [-0.05, 0) is 139 Å². The summed E-state index contributed by atoms with van der Waals surface area (Å²) < 4.78 is 50.4. The summed E-state index contributed by atoms with van der Waals surface area (Å²) in [4.78, 5) is 31.4. The highest BCUT2D eigenvalue weighted by molar-refractivity contribution is 6.30. The van der Waals surface area contributed by atoms with Crippen LogP contribution in [0.1, 0.15) is 103 Å². The molecule has 7 rings (SSSR count). The molecule has 1 aromatic carbocycles. The number of esters is 1. The predicted molar refractivity (Wildman–Crippen MR) is 224 cm³/mol. The van der Waals surface area contributed by atoms with E-state index in [2.05, 4.69) is 51.1 Å². The van der Waals surface area contributed by atoms with Crippen molar-refractivity contribution < 1.29 is 47.5 Å². The van der Waals surface area contributed by atoms with E-state index in [1.54, 1.807) is 21.3 Å². The van der Waals surface area contributed by atoms with Crippen molar-refractivity contribution in [1.29, 1.82) is 0 Å². The van der Waals surface area contributed by atoms with Crippen LogP contribution in [-0.2, 0) is 47.5 Å². The van der Waals surface area contributed by atoms with Gasteiger partial charge in [-0.15, -0.1) is 0 Å². The van der Waals surface area contributed by atoms with Crippen molar-refractivity contribution in [2.45, 2.75) is 165 Å². The molecule has 1 aromatic rings. The van der Waals surface area contributed by atoms with Crippen LogP contribution in [0.3, 0.4) is 0 Å². The number of ketones is 1. The van der Waals surface area contributed by atoms with Crippen molar-refractivity contribution in [3.8, 4) is 0 Å². The summed E-state index contributed by atoms with van der Waals surface area (Å²) in [6, 6.07) is 8.47. The molecule has 0 N–H and O–H groups in total. The monoisotopic (exact) mass is 843 g/mol. The van der Waals surface area contributed by atoms with Crippen molar-refractivity contribution in [3.63, 3.8) is 0 Å². The quantitative estimate of drug-likeness (QED) is 0.216. The van der Waals surface area contributed by atoms with Gasteiger partial charge >= 0.3 is 5.97 Å². The maximum atomic E-state index is 15.2. The SMILES string of the molecule is CC[C@H]1CCC[C@H](OC2CC[C@H](N(C)C)C(C)O2)[C@@H](C)C(=O)C2=C[C@@H]3C(C(c4cccc(Cl)c4)C[C@@H]4C[C@@H](O[C@@H]5OC(C)[C@H](OC)C(OC)C5OC)C[C@H]43)[C@@H]2CC(=O)O1. The summed E-state index contributed by atoms with van der Waals surface area (Å²) in [5, 5.41) is 0.681. The van der Waals surface area contributed by atoms with E-state index in [9.17, 15) is 4.79 Å². The lowest BCUT2D eigenvalue weighted by Gasteiger charge is -2.44. The topological polar surface area (TPSA) is 111 Å². The number of rotatable bonds is 10. The minimum atomic E-state index is -0.626. The Morgan fingerprint density at radius 2 is 1.61 bits per heavy atom. The standard InChI is InChI=1S/C47H70ClNO10/c1-10-31-15-12-16-39(59-41-18-17-38(49(5)6)26(3)55-41)25(2)43(51)37-23-35-33-22-32(58-47-46(54-9)45(53-8)44(52-7)27(4)56-47)20-29(33)21-34(28-13-11-14-30(48)19-28)42(35)36(37)24-40(50)57-31/h11,13-14,19,23,25-27,29,31-36,38-39,41-42,44-47H,10,12,15-18,20-22,24H2,1-9H3/t25-,26?,27?,29+,31+,32-,33-,34?,35+,36-,38+,39+,41?,42?,44+,45?,46?,47+/m1/s1. The van der Waals surface area contributed by atoms with Gasteiger partial charge in [0.2, 0.25) is 0 Å². The Labute approximate surface area is 357 Å². The van der Waals surface area contributed by atoms with Crippen LogP contribution in [0, 0.1) is 35.5 Å². The highest BCUT2D eigenvalue weighted by Crippen LogP contribution is 2.61. The summed E-state index contributed by atoms with van der Waals surface area (Å²) in [5.74, 6) is -0.140. The number of benzene rings is 1. The second-order valence-electron chi connectivity index (χ2n) is 18.6. The first-order chi connectivity index (χ1) is 28.3. The van der Waals surface area contributed by atoms with Gasteiger partial charge < -0.3 is 42.8 Å². The highest BCUT2D eigenvalue weighted by atomic mass is 35.5. The Balaban J connectivity index is 1.20. The number of carbonyl (C=O) groups is 2. The number of carbonyl (C=O) groups excluding carboxylic acids is 2. The molecule has 12 heteroatoms. The zero-order valence-electron chi connectivity index (χ0n) is 36.8. The lowest BCUT2D eigenvalue weighted by Crippen LogP contribution is -2.59. The Morgan fingerprint density at radius 3 is 2.29 bits per heavy atom. The van der Waals surface area contributed by atoms with Gasteiger partial charge in [0.15, 0.2) is 18.4 Å². The number of hydrogen-bond acceptors (Lipinski definition) is 11. The van der Waals surface area contributed by atoms with Gasteiger partial charge in [-0.1, -0.05) is 43.7 Å². The molecule has 11 nitrogen and oxygen atoms in total. The second-order valence-corrected chi connectivity index (χ2v) is 19.0. The van der Waals surface area contributed by atoms with Crippen molar-refractivity contribution >= 4 is 23.4 Å². The Hall–Kier alpha value is -1.93. The van der Waals surface area contributed by atoms with Crippen molar-refractivity contribution in [2.75, 3.05) is 35.4 Å². The fourth-order valence-electron chi connectivity index (χ4n) is 12.1. The number of likely N-dealkylation sites (N-methyl/N-ethyl adjacent to an activating group) is 1. The number of allylic oxidation sites excluding steroid dienone is 2. The number of hydrogen-bond donors (Lipinski definition) is 0. The van der Waals surface area contributed by atoms with Gasteiger partial charge in [-0.3, -0.25) is 9.59 Å². The number of nitrogens with zero attached hydrogens (tertiary/aromatic N) is 1. The fraction of sp³-hybridized carbons (Fsp3) is 0.787. The molecule has 3 heterocycles. The minimum absolute atomic E-state index is 0.0121. The molecule has 0 bridgehead atoms. The lowest BCUT2D eigenvalue weighted by molar-refractivity contribution is -0.314. The molecular formula is C47H70ClNO10. The Kier molecular flexibility index (Phi) is 15.0. The molecule has 7 unspecified atom stereocenters. The molecule has 0 radical (unpaired) electrons. The molecule has 2 saturated carbocycles. The summed E-state index contributed by atoms with van der Waals surface area (Å²) in [7, 11) is 9.17. The summed E-state index contributed by atoms with van der Waals surface area (Å²) in [5.41, 5.74) is 1.90. The summed E-state index contributed by atoms with van der Waals surface area (Å²) in [6.45, 7) is 8.19. The van der Waals surface area contributed by atoms with Crippen molar-refractivity contribution in [1.82, 2.24) is 4.90 Å². The smallest absolute Gasteiger partial charge is 0.306 e. The average Bonchev–Trinajstić information content (AvgIpc) is 3.79. The Morgan fingerprint density at radius 1 is 0.847 bits per heavy atom. The molecule has 330 valence electrons. The first-order valence-corrected chi connectivity index (χ1v) is 22.8. The van der Waals surface area contributed by atoms with Crippen LogP contribution in [0.25, 0.3) is 0 Å². The number of halogens is 1. The number of cyclic esters (lactones) is 1. The van der Waals surface area contributed by atoms with Crippen LogP contribution in [0.15, 0.2) is 35.9 Å². The molecule has 0 spiro atoms. The van der Waals surface area contributed by atoms with Crippen LogP contribution in [0.5, 0.6) is 0 Å². The fourth-order valence-corrected chi connectivity index (χ4v) is 12.3. The predicted octanol–water partition coefficient (Wildman–Crippen LogP) is 7.76. The lowest BCUT2D eigenvalue weighted by atomic mass is 9.59. The molecule has 3 aliphatic heterocycles. The summed E-state index contributed by atoms with van der Waals surface area (Å²) in [6.07, 6.45) is 6.72. The maximum absolute atomic E-state index is 15.2.